The third-order valence-electron chi connectivity index (χ3n) is 8.22. The van der Waals surface area contributed by atoms with E-state index in [1.54, 1.807) is 0 Å². The molecule has 1 aromatic heterocycles. The third kappa shape index (κ3) is 3.21. The number of hydrogen-bond acceptors (Lipinski definition) is 1. The molecule has 0 aliphatic heterocycles. The van der Waals surface area contributed by atoms with Crippen LogP contribution < -0.4 is 0 Å². The van der Waals surface area contributed by atoms with Gasteiger partial charge in [0.15, 0.2) is 0 Å². The van der Waals surface area contributed by atoms with Gasteiger partial charge in [0.2, 0.25) is 0 Å². The summed E-state index contributed by atoms with van der Waals surface area (Å²) < 4.78 is 6.22. The van der Waals surface area contributed by atoms with Gasteiger partial charge in [-0.1, -0.05) is 115 Å². The minimum Gasteiger partial charge on any atom is -0.456 e. The van der Waals surface area contributed by atoms with Crippen molar-refractivity contribution in [2.75, 3.05) is 0 Å². The van der Waals surface area contributed by atoms with E-state index < -0.39 is 5.41 Å². The molecule has 0 atom stereocenters. The van der Waals surface area contributed by atoms with Gasteiger partial charge in [0, 0.05) is 21.9 Å². The van der Waals surface area contributed by atoms with Crippen LogP contribution in [0.3, 0.4) is 0 Å². The van der Waals surface area contributed by atoms with Crippen LogP contribution in [0.25, 0.3) is 44.2 Å². The van der Waals surface area contributed by atoms with E-state index in [1.807, 2.05) is 18.2 Å². The summed E-state index contributed by atoms with van der Waals surface area (Å²) in [6, 6.07) is 49.9. The highest BCUT2D eigenvalue weighted by Crippen LogP contribution is 2.56. The zero-order chi connectivity index (χ0) is 26.0. The molecule has 1 heterocycles. The quantitative estimate of drug-likeness (QED) is 0.227. The van der Waals surface area contributed by atoms with Gasteiger partial charge in [0.25, 0.3) is 0 Å². The first-order valence-corrected chi connectivity index (χ1v) is 13.6. The highest BCUT2D eigenvalue weighted by molar-refractivity contribution is 6.31. The van der Waals surface area contributed by atoms with Crippen molar-refractivity contribution in [2.45, 2.75) is 5.41 Å². The summed E-state index contributed by atoms with van der Waals surface area (Å²) in [6.07, 6.45) is 0. The average Bonchev–Trinajstić information content (AvgIpc) is 3.50. The van der Waals surface area contributed by atoms with Gasteiger partial charge in [-0.05, 0) is 74.8 Å². The van der Waals surface area contributed by atoms with Gasteiger partial charge in [0.05, 0.1) is 5.41 Å². The van der Waals surface area contributed by atoms with Crippen molar-refractivity contribution < 1.29 is 4.42 Å². The van der Waals surface area contributed by atoms with Crippen molar-refractivity contribution in [3.63, 3.8) is 0 Å². The fourth-order valence-electron chi connectivity index (χ4n) is 6.57. The molecule has 2 heteroatoms. The Bertz CT molecular complexity index is 1990. The second kappa shape index (κ2) is 8.46. The van der Waals surface area contributed by atoms with E-state index in [-0.39, 0.29) is 0 Å². The van der Waals surface area contributed by atoms with E-state index in [0.29, 0.717) is 5.02 Å². The molecule has 184 valence electrons. The molecule has 8 rings (SSSR count). The highest BCUT2D eigenvalue weighted by Gasteiger charge is 2.45. The highest BCUT2D eigenvalue weighted by atomic mass is 35.5. The molecule has 0 unspecified atom stereocenters. The predicted octanol–water partition coefficient (Wildman–Crippen LogP) is 10.3. The first kappa shape index (κ1) is 22.4. The molecular formula is C37H23ClO. The molecule has 1 nitrogen and oxygen atoms in total. The molecule has 0 bridgehead atoms. The maximum atomic E-state index is 6.23. The summed E-state index contributed by atoms with van der Waals surface area (Å²) >= 11 is 6.23. The molecule has 1 aliphatic carbocycles. The first-order valence-electron chi connectivity index (χ1n) is 13.2. The lowest BCUT2D eigenvalue weighted by molar-refractivity contribution is 0.669. The zero-order valence-corrected chi connectivity index (χ0v) is 21.8. The van der Waals surface area contributed by atoms with Crippen LogP contribution in [0.15, 0.2) is 144 Å². The first-order chi connectivity index (χ1) is 19.2. The third-order valence-corrected chi connectivity index (χ3v) is 8.46. The lowest BCUT2D eigenvalue weighted by Crippen LogP contribution is -2.28. The van der Waals surface area contributed by atoms with Crippen LogP contribution in [-0.2, 0) is 5.41 Å². The molecule has 6 aromatic carbocycles. The van der Waals surface area contributed by atoms with Gasteiger partial charge in [-0.25, -0.2) is 0 Å². The summed E-state index contributed by atoms with van der Waals surface area (Å²) in [5, 5.41) is 2.86. The Morgan fingerprint density at radius 3 is 1.79 bits per heavy atom. The Morgan fingerprint density at radius 2 is 1.05 bits per heavy atom. The largest absolute Gasteiger partial charge is 0.456 e. The van der Waals surface area contributed by atoms with Crippen molar-refractivity contribution in [3.05, 3.63) is 167 Å². The molecule has 0 N–H and O–H groups in total. The lowest BCUT2D eigenvalue weighted by atomic mass is 9.67. The number of furan rings is 1. The average molecular weight is 519 g/mol. The van der Waals surface area contributed by atoms with E-state index in [2.05, 4.69) is 121 Å². The van der Waals surface area contributed by atoms with Crippen LogP contribution in [0.5, 0.6) is 0 Å². The number of rotatable bonds is 3. The van der Waals surface area contributed by atoms with Gasteiger partial charge in [-0.2, -0.15) is 0 Å². The van der Waals surface area contributed by atoms with E-state index in [9.17, 15) is 0 Å². The molecule has 0 saturated heterocycles. The van der Waals surface area contributed by atoms with Crippen molar-refractivity contribution >= 4 is 33.5 Å². The van der Waals surface area contributed by atoms with Crippen LogP contribution >= 0.6 is 11.6 Å². The molecule has 0 saturated carbocycles. The van der Waals surface area contributed by atoms with Crippen LogP contribution in [0, 0.1) is 0 Å². The number of halogens is 1. The molecule has 1 aliphatic rings. The monoisotopic (exact) mass is 518 g/mol. The Kier molecular flexibility index (Phi) is 4.86. The molecule has 39 heavy (non-hydrogen) atoms. The summed E-state index contributed by atoms with van der Waals surface area (Å²) in [5.74, 6) is 0. The minimum atomic E-state index is -0.412. The maximum Gasteiger partial charge on any atom is 0.136 e. The molecule has 0 fully saturated rings. The van der Waals surface area contributed by atoms with Gasteiger partial charge in [-0.3, -0.25) is 0 Å². The Morgan fingerprint density at radius 1 is 0.462 bits per heavy atom. The van der Waals surface area contributed by atoms with Gasteiger partial charge in [0.1, 0.15) is 11.2 Å². The smallest absolute Gasteiger partial charge is 0.136 e. The second-order valence-electron chi connectivity index (χ2n) is 10.2. The molecule has 0 radical (unpaired) electrons. The van der Waals surface area contributed by atoms with Gasteiger partial charge >= 0.3 is 0 Å². The van der Waals surface area contributed by atoms with Gasteiger partial charge < -0.3 is 4.42 Å². The number of hydrogen-bond donors (Lipinski definition) is 0. The van der Waals surface area contributed by atoms with E-state index in [4.69, 9.17) is 16.0 Å². The van der Waals surface area contributed by atoms with E-state index in [1.165, 1.54) is 33.4 Å². The van der Waals surface area contributed by atoms with Crippen molar-refractivity contribution in [1.29, 1.82) is 0 Å². The van der Waals surface area contributed by atoms with E-state index >= 15 is 0 Å². The summed E-state index contributed by atoms with van der Waals surface area (Å²) in [4.78, 5) is 0. The Labute approximate surface area is 231 Å². The van der Waals surface area contributed by atoms with Crippen LogP contribution in [0.1, 0.15) is 22.3 Å². The fourth-order valence-corrected chi connectivity index (χ4v) is 6.74. The normalized spacial score (nSPS) is 13.5. The summed E-state index contributed by atoms with van der Waals surface area (Å²) in [7, 11) is 0. The standard InChI is InChI=1S/C37H23ClO/c38-28-18-20-32-31-19-17-25(22-35(31)39-36(32)23-28)24-9-8-12-27(21-24)37(26-10-2-1-3-11-26)33-15-6-4-13-29(33)30-14-5-7-16-34(30)37/h1-23H. The summed E-state index contributed by atoms with van der Waals surface area (Å²) in [5.41, 5.74) is 11.3. The van der Waals surface area contributed by atoms with Crippen LogP contribution in [0.2, 0.25) is 5.02 Å². The molecule has 0 amide bonds. The Hall–Kier alpha value is -4.59. The molecule has 7 aromatic rings. The number of fused-ring (bicyclic) bond motifs is 6. The Balaban J connectivity index is 1.38. The van der Waals surface area contributed by atoms with E-state index in [0.717, 1.165) is 33.1 Å². The fraction of sp³-hybridized carbons (Fsp3) is 0.0270. The number of benzene rings is 6. The van der Waals surface area contributed by atoms with Crippen molar-refractivity contribution in [2.24, 2.45) is 0 Å². The van der Waals surface area contributed by atoms with Crippen molar-refractivity contribution in [3.8, 4) is 22.3 Å². The van der Waals surface area contributed by atoms with Crippen molar-refractivity contribution in [1.82, 2.24) is 0 Å². The second-order valence-corrected chi connectivity index (χ2v) is 10.7. The summed E-state index contributed by atoms with van der Waals surface area (Å²) in [6.45, 7) is 0. The lowest BCUT2D eigenvalue weighted by Gasteiger charge is -2.34. The minimum absolute atomic E-state index is 0.412. The molecule has 0 spiro atoms. The zero-order valence-electron chi connectivity index (χ0n) is 21.1. The predicted molar refractivity (Wildman–Crippen MR) is 161 cm³/mol. The topological polar surface area (TPSA) is 13.1 Å². The van der Waals surface area contributed by atoms with Gasteiger partial charge in [-0.15, -0.1) is 0 Å². The SMILES string of the molecule is Clc1ccc2c(c1)oc1cc(-c3cccc(C4(c5ccccc5)c5ccccc5-c5ccccc54)c3)ccc12. The van der Waals surface area contributed by atoms with Crippen LogP contribution in [-0.4, -0.2) is 0 Å². The maximum absolute atomic E-state index is 6.23. The molecular weight excluding hydrogens is 496 g/mol. The van der Waals surface area contributed by atoms with Crippen LogP contribution in [0.4, 0.5) is 0 Å².